The lowest BCUT2D eigenvalue weighted by Crippen LogP contribution is -2.16. The largest absolute Gasteiger partial charge is 0.0999 e. The van der Waals surface area contributed by atoms with Crippen LogP contribution in [0.3, 0.4) is 0 Å². The highest BCUT2D eigenvalue weighted by Gasteiger charge is 2.25. The Morgan fingerprint density at radius 2 is 0.955 bits per heavy atom. The summed E-state index contributed by atoms with van der Waals surface area (Å²) < 4.78 is 0. The zero-order chi connectivity index (χ0) is 32.6. The summed E-state index contributed by atoms with van der Waals surface area (Å²) in [5, 5.41) is 0. The first-order valence-corrected chi connectivity index (χ1v) is 19.9. The molecule has 256 valence electrons. The van der Waals surface area contributed by atoms with Gasteiger partial charge in [-0.25, -0.2) is 0 Å². The first-order valence-electron chi connectivity index (χ1n) is 19.9. The maximum absolute atomic E-state index is 4.88. The van der Waals surface area contributed by atoms with Crippen molar-refractivity contribution in [1.29, 1.82) is 0 Å². The second-order valence-corrected chi connectivity index (χ2v) is 15.4. The summed E-state index contributed by atoms with van der Waals surface area (Å²) in [6.07, 6.45) is 33.9. The van der Waals surface area contributed by atoms with Crippen molar-refractivity contribution < 1.29 is 0 Å². The van der Waals surface area contributed by atoms with Gasteiger partial charge in [-0.2, -0.15) is 0 Å². The Hall–Kier alpha value is -1.04. The smallest absolute Gasteiger partial charge is 0.0168 e. The molecule has 0 nitrogen and oxygen atoms in total. The fourth-order valence-electron chi connectivity index (χ4n) is 7.83. The average Bonchev–Trinajstić information content (AvgIpc) is 3.00. The Kier molecular flexibility index (Phi) is 24.3. The standard InChI is InChI=1S/C44H80/c1-10-14-18-25-41-26-23-22-24-36(5)30-31-37(6)32-42(27-19-15-11-2)39(8)34-44(29-21-17-13-4)40(9)35-43(38(7)33-41)28-20-16-12-3/h37,41-44H,5,7-35H2,1-4,6H3. The van der Waals surface area contributed by atoms with Gasteiger partial charge in [0, 0.05) is 0 Å². The van der Waals surface area contributed by atoms with Crippen molar-refractivity contribution in [3.8, 4) is 0 Å². The molecule has 0 aromatic carbocycles. The van der Waals surface area contributed by atoms with E-state index in [9.17, 15) is 0 Å². The van der Waals surface area contributed by atoms with Crippen LogP contribution in [0.25, 0.3) is 0 Å². The Morgan fingerprint density at radius 1 is 0.500 bits per heavy atom. The molecule has 0 aromatic rings. The van der Waals surface area contributed by atoms with Crippen LogP contribution in [0.15, 0.2) is 48.6 Å². The molecule has 1 fully saturated rings. The van der Waals surface area contributed by atoms with Gasteiger partial charge in [-0.3, -0.25) is 0 Å². The van der Waals surface area contributed by atoms with Crippen molar-refractivity contribution >= 4 is 0 Å². The van der Waals surface area contributed by atoms with Crippen LogP contribution in [0.2, 0.25) is 0 Å². The summed E-state index contributed by atoms with van der Waals surface area (Å²) in [6, 6.07) is 0. The monoisotopic (exact) mass is 609 g/mol. The van der Waals surface area contributed by atoms with Crippen molar-refractivity contribution in [2.24, 2.45) is 29.6 Å². The van der Waals surface area contributed by atoms with Crippen LogP contribution in [0.4, 0.5) is 0 Å². The molecule has 1 aliphatic carbocycles. The van der Waals surface area contributed by atoms with Gasteiger partial charge in [0.1, 0.15) is 0 Å². The minimum absolute atomic E-state index is 0.585. The molecule has 1 saturated carbocycles. The number of unbranched alkanes of at least 4 members (excludes halogenated alkanes) is 8. The van der Waals surface area contributed by atoms with Crippen LogP contribution in [-0.4, -0.2) is 0 Å². The van der Waals surface area contributed by atoms with E-state index in [1.807, 2.05) is 0 Å². The van der Waals surface area contributed by atoms with Crippen molar-refractivity contribution in [1.82, 2.24) is 0 Å². The summed E-state index contributed by atoms with van der Waals surface area (Å²) in [5.41, 5.74) is 6.08. The molecule has 5 unspecified atom stereocenters. The maximum atomic E-state index is 4.88. The first kappa shape index (κ1) is 41.0. The van der Waals surface area contributed by atoms with Gasteiger partial charge in [0.15, 0.2) is 0 Å². The molecule has 0 bridgehead atoms. The van der Waals surface area contributed by atoms with E-state index >= 15 is 0 Å². The van der Waals surface area contributed by atoms with Gasteiger partial charge in [-0.1, -0.05) is 180 Å². The quantitative estimate of drug-likeness (QED) is 0.121. The number of rotatable bonds is 16. The topological polar surface area (TPSA) is 0 Å². The summed E-state index contributed by atoms with van der Waals surface area (Å²) in [5.74, 6) is 3.39. The highest BCUT2D eigenvalue weighted by atomic mass is 14.3. The van der Waals surface area contributed by atoms with Gasteiger partial charge in [0.25, 0.3) is 0 Å². The van der Waals surface area contributed by atoms with E-state index in [2.05, 4.69) is 41.2 Å². The molecule has 0 heterocycles. The summed E-state index contributed by atoms with van der Waals surface area (Å²) >= 11 is 0. The molecule has 1 aliphatic rings. The zero-order valence-corrected chi connectivity index (χ0v) is 31.1. The molecule has 0 aliphatic heterocycles. The number of allylic oxidation sites excluding steroid dienone is 4. The van der Waals surface area contributed by atoms with Crippen molar-refractivity contribution in [2.45, 2.75) is 202 Å². The van der Waals surface area contributed by atoms with Gasteiger partial charge in [0.2, 0.25) is 0 Å². The van der Waals surface area contributed by atoms with E-state index in [1.54, 1.807) is 5.57 Å². The van der Waals surface area contributed by atoms with E-state index in [4.69, 9.17) is 19.7 Å². The van der Waals surface area contributed by atoms with E-state index < -0.39 is 0 Å². The molecule has 0 radical (unpaired) electrons. The predicted octanol–water partition coefficient (Wildman–Crippen LogP) is 15.5. The molecule has 0 amide bonds. The van der Waals surface area contributed by atoms with Crippen molar-refractivity contribution in [2.75, 3.05) is 0 Å². The fraction of sp³-hybridized carbons (Fsp3) is 0.818. The molecule has 0 spiro atoms. The molecular weight excluding hydrogens is 528 g/mol. The Morgan fingerprint density at radius 3 is 1.48 bits per heavy atom. The van der Waals surface area contributed by atoms with E-state index in [0.717, 1.165) is 24.7 Å². The molecule has 0 aromatic heterocycles. The SMILES string of the molecule is C=C1CCCCC(CCCCC)CC(=C)C(CCCCC)CC(=C)C(CCCCC)CC(=C)C(CCCCC)CC(C)CC1. The first-order chi connectivity index (χ1) is 21.2. The van der Waals surface area contributed by atoms with E-state index in [1.165, 1.54) is 171 Å². The zero-order valence-electron chi connectivity index (χ0n) is 31.1. The van der Waals surface area contributed by atoms with Gasteiger partial charge in [-0.05, 0) is 100 Å². The van der Waals surface area contributed by atoms with Gasteiger partial charge in [-0.15, -0.1) is 0 Å². The third kappa shape index (κ3) is 18.8. The third-order valence-corrected chi connectivity index (χ3v) is 11.1. The number of hydrogen-bond donors (Lipinski definition) is 0. The van der Waals surface area contributed by atoms with Gasteiger partial charge < -0.3 is 0 Å². The second kappa shape index (κ2) is 26.1. The molecule has 1 rings (SSSR count). The van der Waals surface area contributed by atoms with Crippen LogP contribution in [0, 0.1) is 29.6 Å². The van der Waals surface area contributed by atoms with E-state index in [0.29, 0.717) is 17.8 Å². The van der Waals surface area contributed by atoms with Crippen molar-refractivity contribution in [3.63, 3.8) is 0 Å². The Labute approximate surface area is 279 Å². The molecule has 5 atom stereocenters. The lowest BCUT2D eigenvalue weighted by atomic mass is 9.75. The maximum Gasteiger partial charge on any atom is -0.0168 e. The lowest BCUT2D eigenvalue weighted by Gasteiger charge is -2.30. The van der Waals surface area contributed by atoms with Crippen LogP contribution < -0.4 is 0 Å². The number of hydrogen-bond acceptors (Lipinski definition) is 0. The summed E-state index contributed by atoms with van der Waals surface area (Å²) in [4.78, 5) is 0. The van der Waals surface area contributed by atoms with Crippen LogP contribution in [-0.2, 0) is 0 Å². The molecular formula is C44H80. The van der Waals surface area contributed by atoms with Gasteiger partial charge in [0.05, 0.1) is 0 Å². The van der Waals surface area contributed by atoms with Crippen molar-refractivity contribution in [3.05, 3.63) is 48.6 Å². The van der Waals surface area contributed by atoms with Crippen LogP contribution in [0.5, 0.6) is 0 Å². The molecule has 0 saturated heterocycles. The van der Waals surface area contributed by atoms with Crippen LogP contribution in [0.1, 0.15) is 202 Å². The molecule has 44 heavy (non-hydrogen) atoms. The average molecular weight is 609 g/mol. The third-order valence-electron chi connectivity index (χ3n) is 11.1. The summed E-state index contributed by atoms with van der Waals surface area (Å²) in [6.45, 7) is 31.0. The highest BCUT2D eigenvalue weighted by molar-refractivity contribution is 5.14. The highest BCUT2D eigenvalue weighted by Crippen LogP contribution is 2.39. The minimum Gasteiger partial charge on any atom is -0.0999 e. The lowest BCUT2D eigenvalue weighted by molar-refractivity contribution is 0.361. The van der Waals surface area contributed by atoms with Crippen LogP contribution >= 0.6 is 0 Å². The Balaban J connectivity index is 3.28. The van der Waals surface area contributed by atoms with Gasteiger partial charge >= 0.3 is 0 Å². The minimum atomic E-state index is 0.585. The summed E-state index contributed by atoms with van der Waals surface area (Å²) in [7, 11) is 0. The molecule has 0 N–H and O–H groups in total. The fourth-order valence-corrected chi connectivity index (χ4v) is 7.83. The van der Waals surface area contributed by atoms with E-state index in [-0.39, 0.29) is 0 Å². The predicted molar refractivity (Wildman–Crippen MR) is 202 cm³/mol. The second-order valence-electron chi connectivity index (χ2n) is 15.4. The Bertz CT molecular complexity index is 767. The normalized spacial score (nSPS) is 25.9. The molecule has 0 heteroatoms.